The van der Waals surface area contributed by atoms with Crippen molar-refractivity contribution in [1.29, 1.82) is 0 Å². The first-order valence-electron chi connectivity index (χ1n) is 6.19. The zero-order chi connectivity index (χ0) is 15.6. The number of aromatic nitrogens is 2. The lowest BCUT2D eigenvalue weighted by molar-refractivity contribution is 0.0624. The Bertz CT molecular complexity index is 637. The molecule has 1 N–H and O–H groups in total. The minimum absolute atomic E-state index is 0.0404. The van der Waals surface area contributed by atoms with E-state index in [0.717, 1.165) is 22.4 Å². The average molecular weight is 316 g/mol. The van der Waals surface area contributed by atoms with Gasteiger partial charge >= 0.3 is 12.5 Å². The lowest BCUT2D eigenvalue weighted by atomic mass is 10.2. The van der Waals surface area contributed by atoms with Crippen molar-refractivity contribution in [3.8, 4) is 5.75 Å². The number of carbonyl (C=O) groups is 1. The molecule has 0 bridgehead atoms. The zero-order valence-electron chi connectivity index (χ0n) is 11.4. The molecule has 0 aliphatic carbocycles. The number of rotatable bonds is 6. The van der Waals surface area contributed by atoms with Gasteiger partial charge in [-0.05, 0) is 12.0 Å². The van der Waals surface area contributed by atoms with E-state index in [-0.39, 0.29) is 29.0 Å². The van der Waals surface area contributed by atoms with Crippen LogP contribution in [0.25, 0.3) is 0 Å². The second kappa shape index (κ2) is 6.21. The Balaban J connectivity index is 2.19. The Morgan fingerprint density at radius 1 is 1.52 bits per heavy atom. The second-order valence-corrected chi connectivity index (χ2v) is 5.70. The van der Waals surface area contributed by atoms with Gasteiger partial charge in [-0.1, -0.05) is 13.8 Å². The van der Waals surface area contributed by atoms with Gasteiger partial charge in [0.2, 0.25) is 0 Å². The fourth-order valence-electron chi connectivity index (χ4n) is 1.71. The molecule has 2 aromatic heterocycles. The predicted octanol–water partition coefficient (Wildman–Crippen LogP) is 3.74. The molecule has 114 valence electrons. The molecule has 0 unspecified atom stereocenters. The molecule has 21 heavy (non-hydrogen) atoms. The van der Waals surface area contributed by atoms with Crippen LogP contribution in [0.3, 0.4) is 0 Å². The maximum absolute atomic E-state index is 12.7. The lowest BCUT2D eigenvalue weighted by Gasteiger charge is -2.08. The van der Waals surface area contributed by atoms with Crippen molar-refractivity contribution < 1.29 is 23.4 Å². The zero-order valence-corrected chi connectivity index (χ0v) is 12.2. The van der Waals surface area contributed by atoms with Crippen LogP contribution >= 0.6 is 11.3 Å². The number of ether oxygens (including phenoxy) is 1. The summed E-state index contributed by atoms with van der Waals surface area (Å²) in [5.74, 6) is -0.716. The largest absolute Gasteiger partial charge is 0.484 e. The monoisotopic (exact) mass is 316 g/mol. The highest BCUT2D eigenvalue weighted by Crippen LogP contribution is 2.34. The summed E-state index contributed by atoms with van der Waals surface area (Å²) in [7, 11) is 0. The van der Waals surface area contributed by atoms with E-state index in [1.54, 1.807) is 6.07 Å². The minimum Gasteiger partial charge on any atom is -0.484 e. The van der Waals surface area contributed by atoms with Crippen molar-refractivity contribution in [2.75, 3.05) is 0 Å². The first-order chi connectivity index (χ1) is 9.90. The van der Waals surface area contributed by atoms with Crippen LogP contribution in [-0.2, 0) is 6.61 Å². The van der Waals surface area contributed by atoms with Gasteiger partial charge in [-0.2, -0.15) is 8.78 Å². The molecule has 0 amide bonds. The Morgan fingerprint density at radius 3 is 2.81 bits per heavy atom. The van der Waals surface area contributed by atoms with Gasteiger partial charge in [-0.25, -0.2) is 9.78 Å². The molecule has 0 saturated carbocycles. The molecule has 0 aliphatic rings. The minimum atomic E-state index is -2.71. The molecule has 0 aliphatic heterocycles. The molecular formula is C13H14F2N2O3S. The average Bonchev–Trinajstić information content (AvgIpc) is 3.02. The van der Waals surface area contributed by atoms with Gasteiger partial charge in [-0.15, -0.1) is 11.3 Å². The van der Waals surface area contributed by atoms with Gasteiger partial charge < -0.3 is 9.84 Å². The van der Waals surface area contributed by atoms with E-state index >= 15 is 0 Å². The summed E-state index contributed by atoms with van der Waals surface area (Å²) >= 11 is 1.12. The smallest absolute Gasteiger partial charge is 0.349 e. The first kappa shape index (κ1) is 15.4. The van der Waals surface area contributed by atoms with Gasteiger partial charge in [0.25, 0.3) is 0 Å². The van der Waals surface area contributed by atoms with Crippen molar-refractivity contribution in [3.63, 3.8) is 0 Å². The first-order valence-corrected chi connectivity index (χ1v) is 7.01. The third-order valence-electron chi connectivity index (χ3n) is 2.80. The normalized spacial score (nSPS) is 11.3. The summed E-state index contributed by atoms with van der Waals surface area (Å²) in [6.45, 7) is 0.945. The summed E-state index contributed by atoms with van der Waals surface area (Å²) in [4.78, 5) is 15.9. The molecule has 2 aromatic rings. The maximum Gasteiger partial charge on any atom is 0.349 e. The molecular weight excluding hydrogens is 302 g/mol. The molecule has 0 saturated heterocycles. The van der Waals surface area contributed by atoms with E-state index in [0.29, 0.717) is 4.57 Å². The van der Waals surface area contributed by atoms with Crippen molar-refractivity contribution >= 4 is 17.3 Å². The Labute approximate surface area is 123 Å². The quantitative estimate of drug-likeness (QED) is 0.881. The van der Waals surface area contributed by atoms with E-state index in [1.807, 2.05) is 13.8 Å². The summed E-state index contributed by atoms with van der Waals surface area (Å²) in [5, 5.41) is 9.15. The Hall–Kier alpha value is -1.96. The Kier molecular flexibility index (Phi) is 4.56. The van der Waals surface area contributed by atoms with Crippen LogP contribution in [0.5, 0.6) is 5.75 Å². The number of hydrogen-bond acceptors (Lipinski definition) is 4. The van der Waals surface area contributed by atoms with Crippen molar-refractivity contribution in [1.82, 2.24) is 9.55 Å². The summed E-state index contributed by atoms with van der Waals surface area (Å²) < 4.78 is 31.4. The molecule has 2 rings (SSSR count). The van der Waals surface area contributed by atoms with Crippen molar-refractivity contribution in [3.05, 3.63) is 34.0 Å². The molecule has 0 radical (unpaired) electrons. The van der Waals surface area contributed by atoms with Crippen LogP contribution in [0.1, 0.15) is 46.7 Å². The van der Waals surface area contributed by atoms with Crippen molar-refractivity contribution in [2.45, 2.75) is 32.9 Å². The van der Waals surface area contributed by atoms with Crippen LogP contribution in [0.4, 0.5) is 8.78 Å². The SMILES string of the molecule is CC(C)c1cc(OCc2nccn2C(F)F)c(C(=O)O)s1. The molecule has 0 atom stereocenters. The number of thiophene rings is 1. The summed E-state index contributed by atoms with van der Waals surface area (Å²) in [5.41, 5.74) is 0. The molecule has 0 fully saturated rings. The standard InChI is InChI=1S/C13H14F2N2O3S/c1-7(2)9-5-8(11(21-9)12(18)19)20-6-10-16-3-4-17(10)13(14)15/h3-5,7,13H,6H2,1-2H3,(H,18,19). The predicted molar refractivity (Wildman–Crippen MR) is 73.2 cm³/mol. The van der Waals surface area contributed by atoms with Gasteiger partial charge in [0.15, 0.2) is 10.7 Å². The molecule has 5 nitrogen and oxygen atoms in total. The number of aromatic carboxylic acids is 1. The van der Waals surface area contributed by atoms with E-state index in [4.69, 9.17) is 9.84 Å². The maximum atomic E-state index is 12.7. The van der Waals surface area contributed by atoms with Gasteiger partial charge in [-0.3, -0.25) is 4.57 Å². The molecule has 2 heterocycles. The van der Waals surface area contributed by atoms with Crippen LogP contribution in [0, 0.1) is 0 Å². The fraction of sp³-hybridized carbons (Fsp3) is 0.385. The third-order valence-corrected chi connectivity index (χ3v) is 4.20. The van der Waals surface area contributed by atoms with E-state index < -0.39 is 12.5 Å². The number of carboxylic acids is 1. The number of alkyl halides is 2. The Morgan fingerprint density at radius 2 is 2.24 bits per heavy atom. The lowest BCUT2D eigenvalue weighted by Crippen LogP contribution is -2.08. The second-order valence-electron chi connectivity index (χ2n) is 4.62. The topological polar surface area (TPSA) is 64.4 Å². The van der Waals surface area contributed by atoms with E-state index in [9.17, 15) is 13.6 Å². The van der Waals surface area contributed by atoms with Gasteiger partial charge in [0, 0.05) is 17.3 Å². The summed E-state index contributed by atoms with van der Waals surface area (Å²) in [6.07, 6.45) is 2.39. The van der Waals surface area contributed by atoms with Crippen LogP contribution < -0.4 is 4.74 Å². The number of imidazole rings is 1. The highest BCUT2D eigenvalue weighted by molar-refractivity contribution is 7.14. The summed E-state index contributed by atoms with van der Waals surface area (Å²) in [6, 6.07) is 1.63. The van der Waals surface area contributed by atoms with Crippen LogP contribution in [0.15, 0.2) is 18.5 Å². The van der Waals surface area contributed by atoms with Crippen LogP contribution in [-0.4, -0.2) is 20.6 Å². The fourth-order valence-corrected chi connectivity index (χ4v) is 2.65. The third kappa shape index (κ3) is 3.38. The highest BCUT2D eigenvalue weighted by Gasteiger charge is 2.19. The number of hydrogen-bond donors (Lipinski definition) is 1. The number of halogens is 2. The molecule has 0 spiro atoms. The molecule has 8 heteroatoms. The molecule has 0 aromatic carbocycles. The van der Waals surface area contributed by atoms with Crippen molar-refractivity contribution in [2.24, 2.45) is 0 Å². The number of nitrogens with zero attached hydrogens (tertiary/aromatic N) is 2. The highest BCUT2D eigenvalue weighted by atomic mass is 32.1. The number of carboxylic acid groups (broad SMARTS) is 1. The van der Waals surface area contributed by atoms with Crippen LogP contribution in [0.2, 0.25) is 0 Å². The van der Waals surface area contributed by atoms with E-state index in [1.165, 1.54) is 6.20 Å². The van der Waals surface area contributed by atoms with Gasteiger partial charge in [0.05, 0.1) is 0 Å². The van der Waals surface area contributed by atoms with Gasteiger partial charge in [0.1, 0.15) is 12.4 Å². The van der Waals surface area contributed by atoms with E-state index in [2.05, 4.69) is 4.98 Å².